The monoisotopic (exact) mass is 397 g/mol. The predicted octanol–water partition coefficient (Wildman–Crippen LogP) is 2.66. The number of oxazole rings is 1. The number of nitrogens with zero attached hydrogens (tertiary/aromatic N) is 2. The fourth-order valence-corrected chi connectivity index (χ4v) is 4.38. The van der Waals surface area contributed by atoms with Crippen LogP contribution in [0.15, 0.2) is 27.5 Å². The summed E-state index contributed by atoms with van der Waals surface area (Å²) in [6.45, 7) is 4.55. The maximum Gasteiger partial charge on any atom is 0.276 e. The van der Waals surface area contributed by atoms with Crippen LogP contribution in [0.25, 0.3) is 0 Å². The minimum Gasteiger partial charge on any atom is -0.444 e. The zero-order valence-electron chi connectivity index (χ0n) is 14.6. The minimum absolute atomic E-state index is 0.0987. The van der Waals surface area contributed by atoms with Gasteiger partial charge < -0.3 is 9.32 Å². The molecule has 2 aromatic rings. The highest BCUT2D eigenvalue weighted by atomic mass is 35.5. The largest absolute Gasteiger partial charge is 0.444 e. The van der Waals surface area contributed by atoms with Crippen LogP contribution < -0.4 is 4.72 Å². The second-order valence-corrected chi connectivity index (χ2v) is 8.34. The molecule has 1 saturated heterocycles. The van der Waals surface area contributed by atoms with E-state index in [1.165, 1.54) is 6.07 Å². The molecule has 1 aromatic carbocycles. The Hall–Kier alpha value is -1.90. The molecule has 1 amide bonds. The molecule has 0 spiro atoms. The van der Waals surface area contributed by atoms with Crippen molar-refractivity contribution in [1.29, 1.82) is 0 Å². The first-order chi connectivity index (χ1) is 12.3. The van der Waals surface area contributed by atoms with Crippen molar-refractivity contribution < 1.29 is 17.6 Å². The van der Waals surface area contributed by atoms with Gasteiger partial charge in [0.1, 0.15) is 5.76 Å². The van der Waals surface area contributed by atoms with E-state index < -0.39 is 10.0 Å². The van der Waals surface area contributed by atoms with Gasteiger partial charge in [0.05, 0.1) is 11.4 Å². The molecule has 7 nitrogen and oxygen atoms in total. The summed E-state index contributed by atoms with van der Waals surface area (Å²) >= 11 is 5.99. The van der Waals surface area contributed by atoms with Gasteiger partial charge in [0.2, 0.25) is 15.9 Å². The number of carbonyl (C=O) groups excluding carboxylic acids is 1. The van der Waals surface area contributed by atoms with E-state index in [1.54, 1.807) is 30.9 Å². The molecule has 3 rings (SSSR count). The van der Waals surface area contributed by atoms with Crippen molar-refractivity contribution in [3.63, 3.8) is 0 Å². The Morgan fingerprint density at radius 2 is 2.00 bits per heavy atom. The Bertz CT molecular complexity index is 933. The molecule has 26 heavy (non-hydrogen) atoms. The van der Waals surface area contributed by atoms with Gasteiger partial charge in [0.15, 0.2) is 5.69 Å². The maximum absolute atomic E-state index is 12.5. The standard InChI is InChI=1S/C17H20ClN3O4S/c1-11-13(18)6-5-7-14(11)26(23,24)19-10-15-20-16(12(2)25-15)17(22)21-8-3-4-9-21/h5-7,19H,3-4,8-10H2,1-2H3. The van der Waals surface area contributed by atoms with Crippen LogP contribution in [0.2, 0.25) is 5.02 Å². The fourth-order valence-electron chi connectivity index (χ4n) is 2.91. The summed E-state index contributed by atoms with van der Waals surface area (Å²) in [7, 11) is -3.78. The van der Waals surface area contributed by atoms with Gasteiger partial charge in [-0.25, -0.2) is 18.1 Å². The number of amides is 1. The first-order valence-corrected chi connectivity index (χ1v) is 10.2. The summed E-state index contributed by atoms with van der Waals surface area (Å²) in [5.41, 5.74) is 0.704. The molecular weight excluding hydrogens is 378 g/mol. The van der Waals surface area contributed by atoms with Gasteiger partial charge in [0, 0.05) is 18.1 Å². The zero-order chi connectivity index (χ0) is 18.9. The predicted molar refractivity (Wildman–Crippen MR) is 96.6 cm³/mol. The van der Waals surface area contributed by atoms with Crippen molar-refractivity contribution in [2.75, 3.05) is 13.1 Å². The zero-order valence-corrected chi connectivity index (χ0v) is 16.2. The molecule has 0 atom stereocenters. The van der Waals surface area contributed by atoms with Crippen LogP contribution in [0.1, 0.15) is 40.5 Å². The molecule has 1 aromatic heterocycles. The molecule has 0 bridgehead atoms. The Morgan fingerprint density at radius 1 is 1.31 bits per heavy atom. The minimum atomic E-state index is -3.78. The van der Waals surface area contributed by atoms with E-state index in [9.17, 15) is 13.2 Å². The van der Waals surface area contributed by atoms with Crippen molar-refractivity contribution in [3.8, 4) is 0 Å². The number of rotatable bonds is 5. The summed E-state index contributed by atoms with van der Waals surface area (Å²) in [6, 6.07) is 4.68. The Balaban J connectivity index is 1.74. The summed E-state index contributed by atoms with van der Waals surface area (Å²) in [6.07, 6.45) is 1.96. The second-order valence-electron chi connectivity index (χ2n) is 6.20. The molecule has 1 aliphatic rings. The molecule has 1 aliphatic heterocycles. The highest BCUT2D eigenvalue weighted by Gasteiger charge is 2.26. The molecule has 1 fully saturated rings. The molecule has 2 heterocycles. The lowest BCUT2D eigenvalue weighted by Crippen LogP contribution is -2.28. The van der Waals surface area contributed by atoms with Crippen molar-refractivity contribution >= 4 is 27.5 Å². The lowest BCUT2D eigenvalue weighted by molar-refractivity contribution is 0.0786. The average molecular weight is 398 g/mol. The SMILES string of the molecule is Cc1oc(CNS(=O)(=O)c2cccc(Cl)c2C)nc1C(=O)N1CCCC1. The van der Waals surface area contributed by atoms with Crippen molar-refractivity contribution in [2.24, 2.45) is 0 Å². The van der Waals surface area contributed by atoms with Gasteiger partial charge in [-0.05, 0) is 44.4 Å². The molecule has 0 saturated carbocycles. The third kappa shape index (κ3) is 3.77. The number of carbonyl (C=O) groups is 1. The fraction of sp³-hybridized carbons (Fsp3) is 0.412. The number of halogens is 1. The van der Waals surface area contributed by atoms with Crippen LogP contribution in [-0.2, 0) is 16.6 Å². The van der Waals surface area contributed by atoms with Crippen molar-refractivity contribution in [2.45, 2.75) is 38.1 Å². The van der Waals surface area contributed by atoms with E-state index in [-0.39, 0.29) is 28.9 Å². The normalized spacial score (nSPS) is 14.8. The number of aromatic nitrogens is 1. The van der Waals surface area contributed by atoms with Crippen LogP contribution in [0, 0.1) is 13.8 Å². The van der Waals surface area contributed by atoms with Gasteiger partial charge in [-0.2, -0.15) is 0 Å². The van der Waals surface area contributed by atoms with Gasteiger partial charge in [-0.15, -0.1) is 0 Å². The van der Waals surface area contributed by atoms with Crippen molar-refractivity contribution in [3.05, 3.63) is 46.1 Å². The molecule has 0 aliphatic carbocycles. The van der Waals surface area contributed by atoms with Crippen LogP contribution in [-0.4, -0.2) is 37.3 Å². The average Bonchev–Trinajstić information content (AvgIpc) is 3.24. The maximum atomic E-state index is 12.5. The third-order valence-electron chi connectivity index (χ3n) is 4.36. The smallest absolute Gasteiger partial charge is 0.276 e. The topological polar surface area (TPSA) is 92.5 Å². The first-order valence-electron chi connectivity index (χ1n) is 8.30. The molecule has 0 unspecified atom stereocenters. The number of benzene rings is 1. The number of sulfonamides is 1. The van der Waals surface area contributed by atoms with Gasteiger partial charge in [-0.1, -0.05) is 17.7 Å². The molecule has 140 valence electrons. The Morgan fingerprint density at radius 3 is 2.69 bits per heavy atom. The van der Waals surface area contributed by atoms with E-state index in [0.29, 0.717) is 29.4 Å². The quantitative estimate of drug-likeness (QED) is 0.837. The molecule has 9 heteroatoms. The van der Waals surface area contributed by atoms with E-state index in [2.05, 4.69) is 9.71 Å². The highest BCUT2D eigenvalue weighted by molar-refractivity contribution is 7.89. The van der Waals surface area contributed by atoms with Crippen molar-refractivity contribution in [1.82, 2.24) is 14.6 Å². The summed E-state index contributed by atoms with van der Waals surface area (Å²) in [4.78, 5) is 18.4. The number of likely N-dealkylation sites (tertiary alicyclic amines) is 1. The van der Waals surface area contributed by atoms with Crippen LogP contribution in [0.3, 0.4) is 0 Å². The highest BCUT2D eigenvalue weighted by Crippen LogP contribution is 2.23. The summed E-state index contributed by atoms with van der Waals surface area (Å²) in [5, 5.41) is 0.373. The summed E-state index contributed by atoms with van der Waals surface area (Å²) in [5.74, 6) is 0.354. The molecule has 0 radical (unpaired) electrons. The lowest BCUT2D eigenvalue weighted by Gasteiger charge is -2.13. The van der Waals surface area contributed by atoms with E-state index >= 15 is 0 Å². The number of hydrogen-bond donors (Lipinski definition) is 1. The van der Waals surface area contributed by atoms with Crippen LogP contribution in [0.5, 0.6) is 0 Å². The first kappa shape index (κ1) is 18.9. The third-order valence-corrected chi connectivity index (χ3v) is 6.31. The molecule has 1 N–H and O–H groups in total. The summed E-state index contributed by atoms with van der Waals surface area (Å²) < 4.78 is 32.9. The van der Waals surface area contributed by atoms with E-state index in [1.807, 2.05) is 0 Å². The number of nitrogens with one attached hydrogen (secondary N) is 1. The van der Waals surface area contributed by atoms with Gasteiger partial charge in [0.25, 0.3) is 5.91 Å². The lowest BCUT2D eigenvalue weighted by atomic mass is 10.2. The Kier molecular flexibility index (Phi) is 5.36. The number of aryl methyl sites for hydroxylation is 1. The number of hydrogen-bond acceptors (Lipinski definition) is 5. The van der Waals surface area contributed by atoms with E-state index in [4.69, 9.17) is 16.0 Å². The molecular formula is C17H20ClN3O4S. The Labute approximate surface area is 157 Å². The van der Waals surface area contributed by atoms with Crippen LogP contribution in [0.4, 0.5) is 0 Å². The van der Waals surface area contributed by atoms with Gasteiger partial charge in [-0.3, -0.25) is 4.79 Å². The van der Waals surface area contributed by atoms with Gasteiger partial charge >= 0.3 is 0 Å². The van der Waals surface area contributed by atoms with Crippen LogP contribution >= 0.6 is 11.6 Å². The second kappa shape index (κ2) is 7.38. The van der Waals surface area contributed by atoms with E-state index in [0.717, 1.165) is 12.8 Å².